The van der Waals surface area contributed by atoms with E-state index < -0.39 is 16.1 Å². The summed E-state index contributed by atoms with van der Waals surface area (Å²) in [5, 5.41) is 2.64. The van der Waals surface area contributed by atoms with Gasteiger partial charge in [0.15, 0.2) is 0 Å². The van der Waals surface area contributed by atoms with E-state index in [1.165, 1.54) is 4.31 Å². The summed E-state index contributed by atoms with van der Waals surface area (Å²) in [6.45, 7) is 4.51. The maximum absolute atomic E-state index is 13.3. The summed E-state index contributed by atoms with van der Waals surface area (Å²) >= 11 is 0. The number of carbonyl (C=O) groups is 2. The predicted molar refractivity (Wildman–Crippen MR) is 134 cm³/mol. The van der Waals surface area contributed by atoms with Crippen molar-refractivity contribution in [2.45, 2.75) is 45.7 Å². The normalized spacial score (nSPS) is 12.0. The molecule has 0 aliphatic heterocycles. The Morgan fingerprint density at radius 1 is 1.03 bits per heavy atom. The van der Waals surface area contributed by atoms with Gasteiger partial charge in [-0.3, -0.25) is 13.9 Å². The highest BCUT2D eigenvalue weighted by molar-refractivity contribution is 7.92. The second-order valence-corrected chi connectivity index (χ2v) is 9.79. The molecule has 186 valence electrons. The van der Waals surface area contributed by atoms with E-state index in [0.29, 0.717) is 37.4 Å². The molecule has 0 saturated carbocycles. The second-order valence-electron chi connectivity index (χ2n) is 7.88. The fourth-order valence-electron chi connectivity index (χ4n) is 3.79. The fraction of sp³-hybridized carbons (Fsp3) is 0.440. The molecule has 0 spiro atoms. The van der Waals surface area contributed by atoms with E-state index in [2.05, 4.69) is 5.32 Å². The summed E-state index contributed by atoms with van der Waals surface area (Å²) in [6, 6.07) is 15.8. The van der Waals surface area contributed by atoms with Gasteiger partial charge in [0, 0.05) is 26.6 Å². The summed E-state index contributed by atoms with van der Waals surface area (Å²) in [7, 11) is -2.05. The number of nitrogens with zero attached hydrogens (tertiary/aromatic N) is 2. The van der Waals surface area contributed by atoms with Gasteiger partial charge >= 0.3 is 0 Å². The van der Waals surface area contributed by atoms with Gasteiger partial charge in [0.2, 0.25) is 21.8 Å². The number of hydrogen-bond donors (Lipinski definition) is 1. The van der Waals surface area contributed by atoms with Crippen molar-refractivity contribution in [3.05, 3.63) is 60.2 Å². The Morgan fingerprint density at radius 2 is 1.68 bits per heavy atom. The molecule has 2 amide bonds. The Morgan fingerprint density at radius 3 is 2.26 bits per heavy atom. The fourth-order valence-corrected chi connectivity index (χ4v) is 4.76. The standard InChI is InChI=1S/C25H35N3O5S/c1-5-21(25(30)26-3)27(19-20-13-8-7-9-14-20)24(29)17-12-18-28(34(4,31)32)22-15-10-11-16-23(22)33-6-2/h7-11,13-16,21H,5-6,12,17-19H2,1-4H3,(H,26,30)/t21-/m1/s1. The summed E-state index contributed by atoms with van der Waals surface area (Å²) < 4.78 is 32.0. The third-order valence-electron chi connectivity index (χ3n) is 5.41. The number of ether oxygens (including phenoxy) is 1. The van der Waals surface area contributed by atoms with Crippen LogP contribution < -0.4 is 14.4 Å². The third kappa shape index (κ3) is 7.48. The lowest BCUT2D eigenvalue weighted by Gasteiger charge is -2.31. The van der Waals surface area contributed by atoms with Crippen LogP contribution in [0.4, 0.5) is 5.69 Å². The maximum Gasteiger partial charge on any atom is 0.242 e. The van der Waals surface area contributed by atoms with E-state index in [1.54, 1.807) is 36.2 Å². The van der Waals surface area contributed by atoms with Crippen molar-refractivity contribution in [3.63, 3.8) is 0 Å². The predicted octanol–water partition coefficient (Wildman–Crippen LogP) is 3.18. The lowest BCUT2D eigenvalue weighted by atomic mass is 10.1. The molecule has 34 heavy (non-hydrogen) atoms. The van der Waals surface area contributed by atoms with Crippen LogP contribution in [-0.2, 0) is 26.2 Å². The van der Waals surface area contributed by atoms with Crippen LogP contribution in [-0.4, -0.2) is 57.6 Å². The highest BCUT2D eigenvalue weighted by Gasteiger charge is 2.28. The van der Waals surface area contributed by atoms with Gasteiger partial charge in [0.25, 0.3) is 0 Å². The van der Waals surface area contributed by atoms with Gasteiger partial charge in [-0.25, -0.2) is 8.42 Å². The van der Waals surface area contributed by atoms with Gasteiger partial charge in [-0.05, 0) is 37.5 Å². The lowest BCUT2D eigenvalue weighted by Crippen LogP contribution is -2.48. The van der Waals surface area contributed by atoms with Gasteiger partial charge in [-0.15, -0.1) is 0 Å². The van der Waals surface area contributed by atoms with Gasteiger partial charge in [0.05, 0.1) is 18.6 Å². The molecule has 0 aliphatic rings. The lowest BCUT2D eigenvalue weighted by molar-refractivity contribution is -0.141. The molecule has 0 heterocycles. The molecule has 1 N–H and O–H groups in total. The number of nitrogens with one attached hydrogen (secondary N) is 1. The zero-order chi connectivity index (χ0) is 25.1. The van der Waals surface area contributed by atoms with Crippen molar-refractivity contribution in [2.75, 3.05) is 30.8 Å². The van der Waals surface area contributed by atoms with Crippen molar-refractivity contribution >= 4 is 27.5 Å². The zero-order valence-electron chi connectivity index (χ0n) is 20.4. The Kier molecular flexibility index (Phi) is 10.4. The second kappa shape index (κ2) is 13.0. The summed E-state index contributed by atoms with van der Waals surface area (Å²) in [5.74, 6) is 0.0409. The van der Waals surface area contributed by atoms with E-state index in [4.69, 9.17) is 4.74 Å². The first kappa shape index (κ1) is 27.2. The van der Waals surface area contributed by atoms with E-state index in [9.17, 15) is 18.0 Å². The minimum atomic E-state index is -3.60. The van der Waals surface area contributed by atoms with Crippen molar-refractivity contribution in [3.8, 4) is 5.75 Å². The maximum atomic E-state index is 13.3. The molecule has 2 aromatic rings. The molecule has 0 radical (unpaired) electrons. The van der Waals surface area contributed by atoms with Crippen molar-refractivity contribution < 1.29 is 22.7 Å². The molecular formula is C25H35N3O5S. The largest absolute Gasteiger partial charge is 0.492 e. The molecular weight excluding hydrogens is 454 g/mol. The average molecular weight is 490 g/mol. The number of hydrogen-bond acceptors (Lipinski definition) is 5. The number of amides is 2. The minimum Gasteiger partial charge on any atom is -0.492 e. The molecule has 0 saturated heterocycles. The van der Waals surface area contributed by atoms with Gasteiger partial charge in [-0.1, -0.05) is 49.4 Å². The minimum absolute atomic E-state index is 0.100. The van der Waals surface area contributed by atoms with Gasteiger partial charge in [-0.2, -0.15) is 0 Å². The first-order valence-electron chi connectivity index (χ1n) is 11.5. The molecule has 0 aliphatic carbocycles. The van der Waals surface area contributed by atoms with Crippen LogP contribution >= 0.6 is 0 Å². The number of anilines is 1. The molecule has 2 aromatic carbocycles. The summed E-state index contributed by atoms with van der Waals surface area (Å²) in [4.78, 5) is 27.3. The van der Waals surface area contributed by atoms with E-state index in [0.717, 1.165) is 11.8 Å². The smallest absolute Gasteiger partial charge is 0.242 e. The number of benzene rings is 2. The number of sulfonamides is 1. The highest BCUT2D eigenvalue weighted by atomic mass is 32.2. The first-order valence-corrected chi connectivity index (χ1v) is 13.3. The van der Waals surface area contributed by atoms with Gasteiger partial charge in [0.1, 0.15) is 11.8 Å². The first-order chi connectivity index (χ1) is 16.2. The summed E-state index contributed by atoms with van der Waals surface area (Å²) in [6.07, 6.45) is 2.00. The Labute approximate surface area is 202 Å². The molecule has 9 heteroatoms. The Bertz CT molecular complexity index is 1040. The monoisotopic (exact) mass is 489 g/mol. The molecule has 2 rings (SSSR count). The highest BCUT2D eigenvalue weighted by Crippen LogP contribution is 2.30. The van der Waals surface area contributed by atoms with Crippen LogP contribution in [0.15, 0.2) is 54.6 Å². The van der Waals surface area contributed by atoms with Crippen LogP contribution in [0.3, 0.4) is 0 Å². The molecule has 0 bridgehead atoms. The summed E-state index contributed by atoms with van der Waals surface area (Å²) in [5.41, 5.74) is 1.36. The Balaban J connectivity index is 2.20. The third-order valence-corrected chi connectivity index (χ3v) is 6.59. The zero-order valence-corrected chi connectivity index (χ0v) is 21.2. The molecule has 0 fully saturated rings. The molecule has 0 unspecified atom stereocenters. The van der Waals surface area contributed by atoms with Crippen molar-refractivity contribution in [1.82, 2.24) is 10.2 Å². The van der Waals surface area contributed by atoms with E-state index in [-0.39, 0.29) is 24.8 Å². The number of likely N-dealkylation sites (N-methyl/N-ethyl adjacent to an activating group) is 1. The topological polar surface area (TPSA) is 96.0 Å². The van der Waals surface area contributed by atoms with Crippen LogP contribution in [0.2, 0.25) is 0 Å². The quantitative estimate of drug-likeness (QED) is 0.466. The Hall–Kier alpha value is -3.07. The number of carbonyl (C=O) groups excluding carboxylic acids is 2. The van der Waals surface area contributed by atoms with Crippen LogP contribution in [0.1, 0.15) is 38.7 Å². The van der Waals surface area contributed by atoms with E-state index in [1.807, 2.05) is 44.2 Å². The number of para-hydroxylation sites is 2. The van der Waals surface area contributed by atoms with Crippen LogP contribution in [0.5, 0.6) is 5.75 Å². The van der Waals surface area contributed by atoms with Crippen molar-refractivity contribution in [1.29, 1.82) is 0 Å². The van der Waals surface area contributed by atoms with Gasteiger partial charge < -0.3 is 15.0 Å². The number of rotatable bonds is 13. The van der Waals surface area contributed by atoms with Crippen LogP contribution in [0, 0.1) is 0 Å². The molecule has 8 nitrogen and oxygen atoms in total. The SMILES string of the molecule is CCOc1ccccc1N(CCCC(=O)N(Cc1ccccc1)[C@H](CC)C(=O)NC)S(C)(=O)=O. The molecule has 0 aromatic heterocycles. The average Bonchev–Trinajstić information content (AvgIpc) is 2.82. The van der Waals surface area contributed by atoms with Crippen LogP contribution in [0.25, 0.3) is 0 Å². The van der Waals surface area contributed by atoms with Crippen molar-refractivity contribution in [2.24, 2.45) is 0 Å². The van der Waals surface area contributed by atoms with E-state index >= 15 is 0 Å². The molecule has 1 atom stereocenters.